The monoisotopic (exact) mass is 338 g/mol. The van der Waals surface area contributed by atoms with E-state index in [2.05, 4.69) is 5.32 Å². The molecule has 2 rings (SSSR count). The normalized spacial score (nSPS) is 16.8. The van der Waals surface area contributed by atoms with Crippen LogP contribution in [-0.4, -0.2) is 50.0 Å². The molecule has 1 amide bonds. The Morgan fingerprint density at radius 2 is 2.08 bits per heavy atom. The number of nitrogens with zero attached hydrogens (tertiary/aromatic N) is 1. The van der Waals surface area contributed by atoms with Gasteiger partial charge in [0.15, 0.2) is 0 Å². The average Bonchev–Trinajstić information content (AvgIpc) is 2.52. The summed E-state index contributed by atoms with van der Waals surface area (Å²) in [6.07, 6.45) is 0.152. The van der Waals surface area contributed by atoms with Gasteiger partial charge in [-0.15, -0.1) is 0 Å². The molecule has 2 N–H and O–H groups in total. The Bertz CT molecular complexity index is 569. The second kappa shape index (κ2) is 7.94. The van der Waals surface area contributed by atoms with Crippen molar-refractivity contribution in [3.63, 3.8) is 0 Å². The van der Waals surface area contributed by atoms with Gasteiger partial charge in [-0.3, -0.25) is 4.79 Å². The van der Waals surface area contributed by atoms with E-state index >= 15 is 0 Å². The first kappa shape index (κ1) is 18.7. The first-order valence-electron chi connectivity index (χ1n) is 8.37. The van der Waals surface area contributed by atoms with Crippen molar-refractivity contribution in [1.82, 2.24) is 5.32 Å². The quantitative estimate of drug-likeness (QED) is 0.835. The van der Waals surface area contributed by atoms with Crippen LogP contribution in [0, 0.1) is 11.2 Å². The van der Waals surface area contributed by atoms with E-state index in [4.69, 9.17) is 4.74 Å². The Morgan fingerprint density at radius 3 is 2.67 bits per heavy atom. The zero-order chi connectivity index (χ0) is 17.7. The standard InChI is InChI=1S/C18H27FN2O3/c1-13(22)11-18(2,3)12-20-17(23)14-4-5-16(15(19)10-14)21-6-8-24-9-7-21/h4-5,10,13,22H,6-9,11-12H2,1-3H3,(H,20,23). The number of rotatable bonds is 6. The van der Waals surface area contributed by atoms with Gasteiger partial charge in [-0.25, -0.2) is 4.39 Å². The molecule has 0 saturated carbocycles. The third kappa shape index (κ3) is 5.18. The number of hydrogen-bond acceptors (Lipinski definition) is 4. The van der Waals surface area contributed by atoms with Gasteiger partial charge in [0.1, 0.15) is 5.82 Å². The van der Waals surface area contributed by atoms with Crippen LogP contribution in [0.1, 0.15) is 37.6 Å². The van der Waals surface area contributed by atoms with Crippen LogP contribution in [0.15, 0.2) is 18.2 Å². The lowest BCUT2D eigenvalue weighted by molar-refractivity contribution is 0.0901. The number of carbonyl (C=O) groups is 1. The molecule has 5 nitrogen and oxygen atoms in total. The summed E-state index contributed by atoms with van der Waals surface area (Å²) in [4.78, 5) is 14.2. The lowest BCUT2D eigenvalue weighted by Gasteiger charge is -2.29. The van der Waals surface area contributed by atoms with Crippen LogP contribution >= 0.6 is 0 Å². The molecule has 134 valence electrons. The number of amides is 1. The summed E-state index contributed by atoms with van der Waals surface area (Å²) in [5, 5.41) is 12.3. The molecule has 24 heavy (non-hydrogen) atoms. The van der Waals surface area contributed by atoms with Crippen molar-refractivity contribution in [2.75, 3.05) is 37.7 Å². The van der Waals surface area contributed by atoms with Crippen LogP contribution < -0.4 is 10.2 Å². The summed E-state index contributed by atoms with van der Waals surface area (Å²) in [6, 6.07) is 4.57. The summed E-state index contributed by atoms with van der Waals surface area (Å²) in [7, 11) is 0. The molecule has 0 spiro atoms. The maximum atomic E-state index is 14.3. The van der Waals surface area contributed by atoms with E-state index < -0.39 is 11.9 Å². The molecule has 0 aromatic heterocycles. The molecule has 1 aromatic rings. The van der Waals surface area contributed by atoms with Crippen LogP contribution in [0.4, 0.5) is 10.1 Å². The van der Waals surface area contributed by atoms with E-state index in [9.17, 15) is 14.3 Å². The van der Waals surface area contributed by atoms with Crippen LogP contribution in [-0.2, 0) is 4.74 Å². The predicted molar refractivity (Wildman–Crippen MR) is 91.8 cm³/mol. The fourth-order valence-corrected chi connectivity index (χ4v) is 3.00. The average molecular weight is 338 g/mol. The molecule has 1 unspecified atom stereocenters. The van der Waals surface area contributed by atoms with Gasteiger partial charge in [0, 0.05) is 25.2 Å². The Hall–Kier alpha value is -1.66. The lowest BCUT2D eigenvalue weighted by Crippen LogP contribution is -2.37. The van der Waals surface area contributed by atoms with Gasteiger partial charge in [-0.2, -0.15) is 0 Å². The zero-order valence-electron chi connectivity index (χ0n) is 14.6. The van der Waals surface area contributed by atoms with Gasteiger partial charge in [0.05, 0.1) is 25.0 Å². The summed E-state index contributed by atoms with van der Waals surface area (Å²) in [5.41, 5.74) is 0.581. The van der Waals surface area contributed by atoms with E-state index in [1.54, 1.807) is 19.1 Å². The first-order valence-corrected chi connectivity index (χ1v) is 8.37. The molecule has 1 aromatic carbocycles. The third-order valence-electron chi connectivity index (χ3n) is 4.14. The lowest BCUT2D eigenvalue weighted by atomic mass is 9.87. The number of hydrogen-bond donors (Lipinski definition) is 2. The molecular weight excluding hydrogens is 311 g/mol. The molecule has 1 aliphatic rings. The van der Waals surface area contributed by atoms with Gasteiger partial charge in [0.2, 0.25) is 0 Å². The Kier molecular flexibility index (Phi) is 6.18. The minimum absolute atomic E-state index is 0.226. The third-order valence-corrected chi connectivity index (χ3v) is 4.14. The maximum absolute atomic E-state index is 14.3. The van der Waals surface area contributed by atoms with Crippen LogP contribution in [0.3, 0.4) is 0 Å². The van der Waals surface area contributed by atoms with Crippen LogP contribution in [0.5, 0.6) is 0 Å². The van der Waals surface area contributed by atoms with Gasteiger partial charge in [-0.1, -0.05) is 13.8 Å². The van der Waals surface area contributed by atoms with Crippen LogP contribution in [0.2, 0.25) is 0 Å². The number of morpholine rings is 1. The van der Waals surface area contributed by atoms with Gasteiger partial charge in [-0.05, 0) is 37.0 Å². The largest absolute Gasteiger partial charge is 0.393 e. The van der Waals surface area contributed by atoms with Crippen LogP contribution in [0.25, 0.3) is 0 Å². The van der Waals surface area contributed by atoms with E-state index in [0.29, 0.717) is 50.5 Å². The smallest absolute Gasteiger partial charge is 0.251 e. The summed E-state index contributed by atoms with van der Waals surface area (Å²) in [6.45, 7) is 8.56. The number of benzene rings is 1. The van der Waals surface area contributed by atoms with E-state index in [1.807, 2.05) is 18.7 Å². The summed E-state index contributed by atoms with van der Waals surface area (Å²) < 4.78 is 19.6. The number of ether oxygens (including phenoxy) is 1. The highest BCUT2D eigenvalue weighted by Gasteiger charge is 2.22. The van der Waals surface area contributed by atoms with Crippen molar-refractivity contribution >= 4 is 11.6 Å². The molecule has 0 radical (unpaired) electrons. The van der Waals surface area contributed by atoms with Gasteiger partial charge >= 0.3 is 0 Å². The summed E-state index contributed by atoms with van der Waals surface area (Å²) in [5.74, 6) is -0.700. The molecule has 1 atom stereocenters. The highest BCUT2D eigenvalue weighted by molar-refractivity contribution is 5.94. The molecule has 1 aliphatic heterocycles. The molecule has 0 bridgehead atoms. The maximum Gasteiger partial charge on any atom is 0.251 e. The first-order chi connectivity index (χ1) is 11.3. The Labute approximate surface area is 142 Å². The predicted octanol–water partition coefficient (Wildman–Crippen LogP) is 2.19. The SMILES string of the molecule is CC(O)CC(C)(C)CNC(=O)c1ccc(N2CCOCC2)c(F)c1. The molecule has 1 heterocycles. The second-order valence-corrected chi connectivity index (χ2v) is 7.17. The van der Waals surface area contributed by atoms with Crippen molar-refractivity contribution in [2.45, 2.75) is 33.3 Å². The second-order valence-electron chi connectivity index (χ2n) is 7.17. The number of aliphatic hydroxyl groups excluding tert-OH is 1. The minimum atomic E-state index is -0.429. The number of aliphatic hydroxyl groups is 1. The molecule has 6 heteroatoms. The zero-order valence-corrected chi connectivity index (χ0v) is 14.6. The Balaban J connectivity index is 1.99. The number of carbonyl (C=O) groups excluding carboxylic acids is 1. The van der Waals surface area contributed by atoms with E-state index in [0.717, 1.165) is 0 Å². The number of halogens is 1. The molecule has 0 aliphatic carbocycles. The molecule has 1 saturated heterocycles. The van der Waals surface area contributed by atoms with Crippen molar-refractivity contribution < 1.29 is 19.0 Å². The number of nitrogens with one attached hydrogen (secondary N) is 1. The van der Waals surface area contributed by atoms with Crippen molar-refractivity contribution in [3.05, 3.63) is 29.6 Å². The highest BCUT2D eigenvalue weighted by Crippen LogP contribution is 2.23. The van der Waals surface area contributed by atoms with E-state index in [-0.39, 0.29) is 11.3 Å². The topological polar surface area (TPSA) is 61.8 Å². The fraction of sp³-hybridized carbons (Fsp3) is 0.611. The van der Waals surface area contributed by atoms with E-state index in [1.165, 1.54) is 6.07 Å². The highest BCUT2D eigenvalue weighted by atomic mass is 19.1. The van der Waals surface area contributed by atoms with Gasteiger partial charge in [0.25, 0.3) is 5.91 Å². The molecular formula is C18H27FN2O3. The summed E-state index contributed by atoms with van der Waals surface area (Å²) >= 11 is 0. The number of anilines is 1. The minimum Gasteiger partial charge on any atom is -0.393 e. The van der Waals surface area contributed by atoms with Gasteiger partial charge < -0.3 is 20.1 Å². The van der Waals surface area contributed by atoms with Crippen molar-refractivity contribution in [2.24, 2.45) is 5.41 Å². The molecule has 1 fully saturated rings. The fourth-order valence-electron chi connectivity index (χ4n) is 3.00. The van der Waals surface area contributed by atoms with Crippen molar-refractivity contribution in [3.8, 4) is 0 Å². The Morgan fingerprint density at radius 1 is 1.42 bits per heavy atom. The van der Waals surface area contributed by atoms with Crippen molar-refractivity contribution in [1.29, 1.82) is 0 Å².